The lowest BCUT2D eigenvalue weighted by atomic mass is 9.97. The van der Waals surface area contributed by atoms with E-state index in [0.29, 0.717) is 25.7 Å². The highest BCUT2D eigenvalue weighted by Gasteiger charge is 2.57. The third-order valence-electron chi connectivity index (χ3n) is 9.31. The van der Waals surface area contributed by atoms with E-state index in [1.165, 1.54) is 88.5 Å². The largest absolute Gasteiger partial charge is 0.323 e. The van der Waals surface area contributed by atoms with Gasteiger partial charge in [-0.25, -0.2) is 0 Å². The van der Waals surface area contributed by atoms with Crippen molar-refractivity contribution in [1.29, 1.82) is 0 Å². The first-order chi connectivity index (χ1) is 22.5. The van der Waals surface area contributed by atoms with E-state index in [9.17, 15) is 25.9 Å². The third-order valence-corrected chi connectivity index (χ3v) is 12.0. The lowest BCUT2D eigenvalue weighted by Crippen LogP contribution is -2.49. The predicted octanol–water partition coefficient (Wildman–Crippen LogP) is 11.1. The Morgan fingerprint density at radius 3 is 0.957 bits per heavy atom. The lowest BCUT2D eigenvalue weighted by molar-refractivity contribution is -0.0935. The highest BCUT2D eigenvalue weighted by Crippen LogP contribution is 2.48. The van der Waals surface area contributed by atoms with Crippen LogP contribution in [0.25, 0.3) is 0 Å². The molecule has 0 aliphatic heterocycles. The van der Waals surface area contributed by atoms with Crippen LogP contribution in [0.5, 0.6) is 0 Å². The van der Waals surface area contributed by atoms with Crippen LogP contribution in [0, 0.1) is 0 Å². The van der Waals surface area contributed by atoms with Gasteiger partial charge in [0.05, 0.1) is 0 Å². The molecule has 0 fully saturated rings. The number of hydrogen-bond donors (Lipinski definition) is 2. The van der Waals surface area contributed by atoms with Crippen LogP contribution in [-0.4, -0.2) is 25.9 Å². The van der Waals surface area contributed by atoms with Crippen LogP contribution in [0.15, 0.2) is 60.7 Å². The van der Waals surface area contributed by atoms with Gasteiger partial charge in [0.2, 0.25) is 9.87 Å². The van der Waals surface area contributed by atoms with Gasteiger partial charge in [-0.1, -0.05) is 190 Å². The van der Waals surface area contributed by atoms with E-state index >= 15 is 0 Å². The van der Waals surface area contributed by atoms with Crippen molar-refractivity contribution in [2.75, 3.05) is 0 Å². The molecule has 47 heavy (non-hydrogen) atoms. The highest BCUT2D eigenvalue weighted by atomic mass is 32.2. The second-order valence-corrected chi connectivity index (χ2v) is 16.4. The summed E-state index contributed by atoms with van der Waals surface area (Å²) in [5, 5.41) is 0. The highest BCUT2D eigenvalue weighted by molar-refractivity contribution is 7.87. The van der Waals surface area contributed by atoms with Crippen LogP contribution < -0.4 is 0 Å². The van der Waals surface area contributed by atoms with E-state index < -0.39 is 30.1 Å². The molecule has 0 aliphatic rings. The van der Waals surface area contributed by atoms with Crippen molar-refractivity contribution < 1.29 is 30.7 Å². The molecule has 0 bridgehead atoms. The molecule has 2 aromatic carbocycles. The minimum atomic E-state index is -5.04. The topological polar surface area (TPSA) is 118 Å². The summed E-state index contributed by atoms with van der Waals surface area (Å²) >= 11 is 0. The number of unbranched alkanes of at least 4 members (excludes halogenated alkanes) is 18. The van der Waals surface area contributed by atoms with E-state index in [2.05, 4.69) is 13.8 Å². The average Bonchev–Trinajstić information content (AvgIpc) is 3.04. The summed E-state index contributed by atoms with van der Waals surface area (Å²) in [6.45, 7) is 4.40. The number of ether oxygens (including phenoxy) is 1. The van der Waals surface area contributed by atoms with Gasteiger partial charge in [-0.15, -0.1) is 0 Å². The average molecular weight is 695 g/mol. The second-order valence-electron chi connectivity index (χ2n) is 13.2. The van der Waals surface area contributed by atoms with Crippen molar-refractivity contribution in [3.63, 3.8) is 0 Å². The first kappa shape index (κ1) is 41.4. The molecule has 0 radical (unpaired) electrons. The van der Waals surface area contributed by atoms with Gasteiger partial charge in [0.25, 0.3) is 20.2 Å². The van der Waals surface area contributed by atoms with Gasteiger partial charge in [-0.05, 0) is 25.7 Å². The molecule has 2 rings (SSSR count). The molecular formula is C38H62O7S2. The SMILES string of the molecule is CCCCCCCCCCCCC(OC(CCCCCCCCCCCC)(c1ccccc1)S(=O)(=O)O)(c1ccccc1)S(=O)(=O)O. The molecular weight excluding hydrogens is 633 g/mol. The van der Waals surface area contributed by atoms with E-state index in [1.54, 1.807) is 36.4 Å². The molecule has 2 unspecified atom stereocenters. The molecule has 0 heterocycles. The molecule has 2 atom stereocenters. The maximum atomic E-state index is 13.5. The van der Waals surface area contributed by atoms with Crippen LogP contribution in [-0.2, 0) is 34.8 Å². The van der Waals surface area contributed by atoms with Crippen molar-refractivity contribution in [3.05, 3.63) is 71.8 Å². The molecule has 2 N–H and O–H groups in total. The van der Waals surface area contributed by atoms with Crippen molar-refractivity contribution in [2.45, 2.75) is 165 Å². The van der Waals surface area contributed by atoms with Crippen molar-refractivity contribution in [2.24, 2.45) is 0 Å². The Morgan fingerprint density at radius 2 is 0.702 bits per heavy atom. The standard InChI is InChI=1S/C38H62O7S2/c1-3-5-7-9-11-13-15-17-19-27-33-37(46(39,40)41,35-29-23-21-24-30-35)45-38(47(42,43)44,36-31-25-22-26-32-36)34-28-20-18-16-14-12-10-8-6-4-2/h21-26,29-32H,3-20,27-28,33-34H2,1-2H3,(H,39,40,41)(H,42,43,44). The van der Waals surface area contributed by atoms with Gasteiger partial charge in [0, 0.05) is 11.1 Å². The zero-order chi connectivity index (χ0) is 34.5. The van der Waals surface area contributed by atoms with Crippen LogP contribution in [0.2, 0.25) is 0 Å². The van der Waals surface area contributed by atoms with Crippen LogP contribution in [0.4, 0.5) is 0 Å². The molecule has 0 aliphatic carbocycles. The molecule has 0 spiro atoms. The Hall–Kier alpha value is -1.78. The molecule has 0 saturated carbocycles. The van der Waals surface area contributed by atoms with Gasteiger partial charge < -0.3 is 4.74 Å². The molecule has 0 amide bonds. The van der Waals surface area contributed by atoms with Gasteiger partial charge in [-0.2, -0.15) is 16.8 Å². The van der Waals surface area contributed by atoms with E-state index in [0.717, 1.165) is 38.5 Å². The van der Waals surface area contributed by atoms with Crippen molar-refractivity contribution >= 4 is 20.2 Å². The van der Waals surface area contributed by atoms with Crippen molar-refractivity contribution in [3.8, 4) is 0 Å². The van der Waals surface area contributed by atoms with E-state index in [1.807, 2.05) is 0 Å². The fourth-order valence-corrected chi connectivity index (χ4v) is 8.73. The number of rotatable bonds is 28. The first-order valence-electron chi connectivity index (χ1n) is 18.3. The fourth-order valence-electron chi connectivity index (χ4n) is 6.51. The molecule has 0 saturated heterocycles. The van der Waals surface area contributed by atoms with Gasteiger partial charge in [-0.3, -0.25) is 9.11 Å². The summed E-state index contributed by atoms with van der Waals surface area (Å²) in [5.41, 5.74) is 0.260. The number of hydrogen-bond acceptors (Lipinski definition) is 5. The summed E-state index contributed by atoms with van der Waals surface area (Å²) in [7, 11) is -10.1. The lowest BCUT2D eigenvalue weighted by Gasteiger charge is -2.41. The maximum Gasteiger partial charge on any atom is 0.299 e. The third kappa shape index (κ3) is 13.6. The first-order valence-corrected chi connectivity index (χ1v) is 21.2. The zero-order valence-electron chi connectivity index (χ0n) is 29.1. The minimum Gasteiger partial charge on any atom is -0.323 e. The second kappa shape index (κ2) is 22.0. The Balaban J connectivity index is 2.32. The summed E-state index contributed by atoms with van der Waals surface area (Å²) in [6, 6.07) is 16.1. The normalized spacial score (nSPS) is 14.9. The molecule has 268 valence electrons. The quantitative estimate of drug-likeness (QED) is 0.0672. The van der Waals surface area contributed by atoms with E-state index in [-0.39, 0.29) is 24.0 Å². The number of benzene rings is 2. The fraction of sp³-hybridized carbons (Fsp3) is 0.684. The monoisotopic (exact) mass is 694 g/mol. The zero-order valence-corrected chi connectivity index (χ0v) is 30.7. The summed E-state index contributed by atoms with van der Waals surface area (Å²) in [6.07, 6.45) is 20.1. The van der Waals surface area contributed by atoms with Crippen LogP contribution >= 0.6 is 0 Å². The molecule has 2 aromatic rings. The molecule has 9 heteroatoms. The van der Waals surface area contributed by atoms with Crippen LogP contribution in [0.3, 0.4) is 0 Å². The summed E-state index contributed by atoms with van der Waals surface area (Å²) in [5.74, 6) is 0. The van der Waals surface area contributed by atoms with E-state index in [4.69, 9.17) is 4.74 Å². The van der Waals surface area contributed by atoms with Gasteiger partial charge in [0.1, 0.15) is 0 Å². The molecule has 0 aromatic heterocycles. The summed E-state index contributed by atoms with van der Waals surface area (Å²) < 4.78 is 82.2. The van der Waals surface area contributed by atoms with Crippen LogP contribution in [0.1, 0.15) is 166 Å². The van der Waals surface area contributed by atoms with Gasteiger partial charge >= 0.3 is 0 Å². The smallest absolute Gasteiger partial charge is 0.299 e. The Kier molecular flexibility index (Phi) is 19.4. The molecule has 7 nitrogen and oxygen atoms in total. The summed E-state index contributed by atoms with van der Waals surface area (Å²) in [4.78, 5) is -4.81. The van der Waals surface area contributed by atoms with Crippen molar-refractivity contribution in [1.82, 2.24) is 0 Å². The Bertz CT molecular complexity index is 1200. The maximum absolute atomic E-state index is 13.5. The predicted molar refractivity (Wildman–Crippen MR) is 193 cm³/mol. The van der Waals surface area contributed by atoms with Gasteiger partial charge in [0.15, 0.2) is 0 Å². The Labute approximate surface area is 286 Å². The minimum absolute atomic E-state index is 0.130. The Morgan fingerprint density at radius 1 is 0.447 bits per heavy atom.